The number of likely N-dealkylation sites (tertiary alicyclic amines) is 1. The third kappa shape index (κ3) is 3.93. The Balaban J connectivity index is 1.52. The summed E-state index contributed by atoms with van der Waals surface area (Å²) in [6, 6.07) is 6.16. The van der Waals surface area contributed by atoms with Gasteiger partial charge in [-0.3, -0.25) is 9.78 Å². The van der Waals surface area contributed by atoms with Gasteiger partial charge in [-0.05, 0) is 31.4 Å². The van der Waals surface area contributed by atoms with Gasteiger partial charge in [0.15, 0.2) is 0 Å². The van der Waals surface area contributed by atoms with Crippen molar-refractivity contribution in [2.24, 2.45) is 5.92 Å². The molecule has 0 aromatic carbocycles. The summed E-state index contributed by atoms with van der Waals surface area (Å²) in [6.45, 7) is 1.41. The molecule has 0 unspecified atom stereocenters. The fraction of sp³-hybridized carbons (Fsp3) is 0.412. The molecular formula is C17H18N4OS. The molecule has 0 spiro atoms. The lowest BCUT2D eigenvalue weighted by atomic mass is 9.98. The molecule has 23 heavy (non-hydrogen) atoms. The Labute approximate surface area is 139 Å². The van der Waals surface area contributed by atoms with Crippen LogP contribution in [0.4, 0.5) is 0 Å². The summed E-state index contributed by atoms with van der Waals surface area (Å²) >= 11 is 1.59. The smallest absolute Gasteiger partial charge is 0.222 e. The summed E-state index contributed by atoms with van der Waals surface area (Å²) in [5, 5.41) is 11.9. The van der Waals surface area contributed by atoms with Gasteiger partial charge < -0.3 is 4.90 Å². The Morgan fingerprint density at radius 2 is 2.09 bits per heavy atom. The van der Waals surface area contributed by atoms with Crippen molar-refractivity contribution in [2.75, 3.05) is 13.1 Å². The highest BCUT2D eigenvalue weighted by Gasteiger charge is 2.22. The van der Waals surface area contributed by atoms with Gasteiger partial charge in [-0.25, -0.2) is 4.98 Å². The summed E-state index contributed by atoms with van der Waals surface area (Å²) in [5.74, 6) is 0.278. The molecule has 1 fully saturated rings. The summed E-state index contributed by atoms with van der Waals surface area (Å²) < 4.78 is 0. The van der Waals surface area contributed by atoms with Crippen LogP contribution in [0.5, 0.6) is 0 Å². The molecule has 0 N–H and O–H groups in total. The fourth-order valence-electron chi connectivity index (χ4n) is 2.70. The van der Waals surface area contributed by atoms with E-state index in [9.17, 15) is 4.79 Å². The average Bonchev–Trinajstić information content (AvgIpc) is 3.09. The van der Waals surface area contributed by atoms with Gasteiger partial charge >= 0.3 is 0 Å². The Bertz CT molecular complexity index is 699. The molecule has 3 rings (SSSR count). The molecule has 118 valence electrons. The van der Waals surface area contributed by atoms with Crippen molar-refractivity contribution in [3.8, 4) is 16.6 Å². The number of rotatable bonds is 4. The highest BCUT2D eigenvalue weighted by atomic mass is 32.1. The van der Waals surface area contributed by atoms with Crippen LogP contribution in [0.25, 0.3) is 10.6 Å². The van der Waals surface area contributed by atoms with Gasteiger partial charge in [0.05, 0.1) is 11.8 Å². The first-order chi connectivity index (χ1) is 11.3. The van der Waals surface area contributed by atoms with E-state index in [1.54, 1.807) is 23.7 Å². The van der Waals surface area contributed by atoms with Crippen molar-refractivity contribution in [1.29, 1.82) is 5.26 Å². The van der Waals surface area contributed by atoms with Crippen LogP contribution in [0.1, 0.15) is 25.0 Å². The zero-order valence-corrected chi connectivity index (χ0v) is 13.6. The Morgan fingerprint density at radius 1 is 1.35 bits per heavy atom. The van der Waals surface area contributed by atoms with Gasteiger partial charge in [-0.1, -0.05) is 0 Å². The largest absolute Gasteiger partial charge is 0.343 e. The molecule has 2 aromatic rings. The van der Waals surface area contributed by atoms with E-state index in [1.165, 1.54) is 0 Å². The number of carbonyl (C=O) groups is 1. The molecule has 0 bridgehead atoms. The van der Waals surface area contributed by atoms with E-state index in [0.29, 0.717) is 25.9 Å². The number of piperidine rings is 1. The van der Waals surface area contributed by atoms with Crippen molar-refractivity contribution < 1.29 is 4.79 Å². The van der Waals surface area contributed by atoms with Gasteiger partial charge in [0.25, 0.3) is 0 Å². The SMILES string of the molecule is N#CC1CCN(C(=O)CCc2csc(-c3ccncc3)n2)CC1. The molecule has 2 aromatic heterocycles. The van der Waals surface area contributed by atoms with E-state index in [4.69, 9.17) is 5.26 Å². The van der Waals surface area contributed by atoms with E-state index in [0.717, 1.165) is 29.1 Å². The maximum atomic E-state index is 12.3. The molecule has 1 aliphatic heterocycles. The Morgan fingerprint density at radius 3 is 2.78 bits per heavy atom. The quantitative estimate of drug-likeness (QED) is 0.866. The molecular weight excluding hydrogens is 308 g/mol. The topological polar surface area (TPSA) is 69.9 Å². The van der Waals surface area contributed by atoms with Gasteiger partial charge in [-0.2, -0.15) is 5.26 Å². The van der Waals surface area contributed by atoms with Crippen molar-refractivity contribution >= 4 is 17.2 Å². The van der Waals surface area contributed by atoms with Crippen molar-refractivity contribution in [2.45, 2.75) is 25.7 Å². The molecule has 3 heterocycles. The molecule has 0 aliphatic carbocycles. The maximum Gasteiger partial charge on any atom is 0.222 e. The normalized spacial score (nSPS) is 15.3. The first kappa shape index (κ1) is 15.6. The third-order valence-electron chi connectivity index (χ3n) is 4.10. The molecule has 1 amide bonds. The highest BCUT2D eigenvalue weighted by molar-refractivity contribution is 7.13. The minimum Gasteiger partial charge on any atom is -0.343 e. The highest BCUT2D eigenvalue weighted by Crippen LogP contribution is 2.24. The van der Waals surface area contributed by atoms with Gasteiger partial charge in [0, 0.05) is 48.8 Å². The number of aromatic nitrogens is 2. The number of nitrogens with zero attached hydrogens (tertiary/aromatic N) is 4. The summed E-state index contributed by atoms with van der Waals surface area (Å²) in [4.78, 5) is 22.7. The number of amides is 1. The molecule has 0 radical (unpaired) electrons. The summed E-state index contributed by atoms with van der Waals surface area (Å²) in [7, 11) is 0. The van der Waals surface area contributed by atoms with Crippen molar-refractivity contribution in [3.05, 3.63) is 35.6 Å². The van der Waals surface area contributed by atoms with E-state index >= 15 is 0 Å². The number of pyridine rings is 1. The predicted molar refractivity (Wildman–Crippen MR) is 88.6 cm³/mol. The van der Waals surface area contributed by atoms with Gasteiger partial charge in [-0.15, -0.1) is 11.3 Å². The van der Waals surface area contributed by atoms with Crippen LogP contribution in [0.15, 0.2) is 29.9 Å². The number of aryl methyl sites for hydroxylation is 1. The number of carbonyl (C=O) groups excluding carboxylic acids is 1. The van der Waals surface area contributed by atoms with Crippen LogP contribution in [0.3, 0.4) is 0 Å². The van der Waals surface area contributed by atoms with Crippen LogP contribution in [-0.4, -0.2) is 33.9 Å². The first-order valence-electron chi connectivity index (χ1n) is 7.78. The number of hydrogen-bond acceptors (Lipinski definition) is 5. The van der Waals surface area contributed by atoms with Crippen LogP contribution in [0.2, 0.25) is 0 Å². The molecule has 0 saturated carbocycles. The number of thiazole rings is 1. The monoisotopic (exact) mass is 326 g/mol. The second-order valence-electron chi connectivity index (χ2n) is 5.66. The third-order valence-corrected chi connectivity index (χ3v) is 5.04. The van der Waals surface area contributed by atoms with Crippen molar-refractivity contribution in [3.63, 3.8) is 0 Å². The van der Waals surface area contributed by atoms with E-state index < -0.39 is 0 Å². The standard InChI is InChI=1S/C17H18N4OS/c18-11-13-5-9-21(10-6-13)16(22)2-1-15-12-23-17(20-15)14-3-7-19-8-4-14/h3-4,7-8,12-13H,1-2,5-6,9-10H2. The van der Waals surface area contributed by atoms with Crippen molar-refractivity contribution in [1.82, 2.24) is 14.9 Å². The van der Waals surface area contributed by atoms with E-state index in [-0.39, 0.29) is 11.8 Å². The Kier molecular flexibility index (Phi) is 4.99. The predicted octanol–water partition coefficient (Wildman–Crippen LogP) is 2.90. The minimum atomic E-state index is 0.112. The summed E-state index contributed by atoms with van der Waals surface area (Å²) in [5.41, 5.74) is 2.02. The van der Waals surface area contributed by atoms with Crippen LogP contribution < -0.4 is 0 Å². The molecule has 0 atom stereocenters. The second-order valence-corrected chi connectivity index (χ2v) is 6.52. The zero-order valence-electron chi connectivity index (χ0n) is 12.8. The number of hydrogen-bond donors (Lipinski definition) is 0. The van der Waals surface area contributed by atoms with E-state index in [2.05, 4.69) is 16.0 Å². The molecule has 5 nitrogen and oxygen atoms in total. The molecule has 6 heteroatoms. The van der Waals surface area contributed by atoms with Gasteiger partial charge in [0.1, 0.15) is 5.01 Å². The molecule has 1 aliphatic rings. The minimum absolute atomic E-state index is 0.112. The lowest BCUT2D eigenvalue weighted by Gasteiger charge is -2.29. The fourth-order valence-corrected chi connectivity index (χ4v) is 3.56. The lowest BCUT2D eigenvalue weighted by Crippen LogP contribution is -2.38. The summed E-state index contributed by atoms with van der Waals surface area (Å²) in [6.07, 6.45) is 6.25. The second kappa shape index (κ2) is 7.34. The maximum absolute atomic E-state index is 12.3. The van der Waals surface area contributed by atoms with Crippen LogP contribution in [-0.2, 0) is 11.2 Å². The van der Waals surface area contributed by atoms with Crippen LogP contribution >= 0.6 is 11.3 Å². The zero-order chi connectivity index (χ0) is 16.1. The number of nitriles is 1. The van der Waals surface area contributed by atoms with Crippen LogP contribution in [0, 0.1) is 17.2 Å². The first-order valence-corrected chi connectivity index (χ1v) is 8.66. The van der Waals surface area contributed by atoms with E-state index in [1.807, 2.05) is 22.4 Å². The lowest BCUT2D eigenvalue weighted by molar-refractivity contribution is -0.132. The molecule has 1 saturated heterocycles. The average molecular weight is 326 g/mol. The van der Waals surface area contributed by atoms with Gasteiger partial charge in [0.2, 0.25) is 5.91 Å². The Hall–Kier alpha value is -2.26.